The van der Waals surface area contributed by atoms with Gasteiger partial charge in [0.2, 0.25) is 0 Å². The number of benzene rings is 1. The molecule has 1 atom stereocenters. The Labute approximate surface area is 198 Å². The molecule has 0 amide bonds. The van der Waals surface area contributed by atoms with E-state index >= 15 is 0 Å². The average Bonchev–Trinajstić information content (AvgIpc) is 3.41. The Bertz CT molecular complexity index is 957. The summed E-state index contributed by atoms with van der Waals surface area (Å²) in [5.41, 5.74) is 3.37. The maximum absolute atomic E-state index is 5.93. The summed E-state index contributed by atoms with van der Waals surface area (Å²) >= 11 is 1.69. The van der Waals surface area contributed by atoms with Crippen LogP contribution in [-0.2, 0) is 18.2 Å². The van der Waals surface area contributed by atoms with Gasteiger partial charge in [0.1, 0.15) is 11.1 Å². The van der Waals surface area contributed by atoms with Crippen LogP contribution in [0.2, 0.25) is 0 Å². The van der Waals surface area contributed by atoms with Crippen LogP contribution < -0.4 is 5.32 Å². The van der Waals surface area contributed by atoms with Gasteiger partial charge in [0.15, 0.2) is 5.96 Å². The Hall–Kier alpha value is -1.98. The van der Waals surface area contributed by atoms with Crippen LogP contribution in [0.5, 0.6) is 0 Å². The zero-order valence-electron chi connectivity index (χ0n) is 17.2. The number of hydrogen-bond acceptors (Lipinski definition) is 5. The molecule has 1 aliphatic heterocycles. The van der Waals surface area contributed by atoms with E-state index in [1.165, 1.54) is 5.56 Å². The highest BCUT2D eigenvalue weighted by atomic mass is 127. The van der Waals surface area contributed by atoms with E-state index in [2.05, 4.69) is 37.8 Å². The molecule has 1 saturated heterocycles. The van der Waals surface area contributed by atoms with Gasteiger partial charge in [-0.3, -0.25) is 9.67 Å². The van der Waals surface area contributed by atoms with Crippen LogP contribution in [0.3, 0.4) is 0 Å². The van der Waals surface area contributed by atoms with Crippen LogP contribution in [0, 0.1) is 0 Å². The molecule has 1 N–H and O–H groups in total. The van der Waals surface area contributed by atoms with Gasteiger partial charge in [-0.2, -0.15) is 5.10 Å². The topological polar surface area (TPSA) is 67.6 Å². The van der Waals surface area contributed by atoms with Crippen molar-refractivity contribution in [1.82, 2.24) is 25.0 Å². The Kier molecular flexibility index (Phi) is 8.23. The molecule has 9 heteroatoms. The van der Waals surface area contributed by atoms with Crippen molar-refractivity contribution in [2.24, 2.45) is 12.0 Å². The highest BCUT2D eigenvalue weighted by molar-refractivity contribution is 14.0. The Morgan fingerprint density at radius 1 is 1.33 bits per heavy atom. The number of guanidine groups is 1. The zero-order valence-corrected chi connectivity index (χ0v) is 20.3. The maximum Gasteiger partial charge on any atom is 0.193 e. The molecule has 1 aromatic carbocycles. The number of rotatable bonds is 5. The molecule has 0 radical (unpaired) electrons. The second-order valence-electron chi connectivity index (χ2n) is 6.99. The van der Waals surface area contributed by atoms with Gasteiger partial charge < -0.3 is 15.0 Å². The number of aromatic nitrogens is 3. The number of morpholine rings is 1. The van der Waals surface area contributed by atoms with Crippen LogP contribution in [-0.4, -0.2) is 58.9 Å². The molecule has 3 heterocycles. The van der Waals surface area contributed by atoms with Crippen molar-refractivity contribution < 1.29 is 4.74 Å². The molecule has 160 valence electrons. The summed E-state index contributed by atoms with van der Waals surface area (Å²) in [6.07, 6.45) is 4.76. The molecule has 0 saturated carbocycles. The average molecular weight is 538 g/mol. The first-order valence-corrected chi connectivity index (χ1v) is 10.7. The van der Waals surface area contributed by atoms with Crippen molar-refractivity contribution in [3.8, 4) is 10.6 Å². The molecular formula is C21H27IN6OS. The summed E-state index contributed by atoms with van der Waals surface area (Å²) in [6.45, 7) is 3.05. The molecule has 0 bridgehead atoms. The van der Waals surface area contributed by atoms with Crippen molar-refractivity contribution in [2.75, 3.05) is 33.3 Å². The number of halogens is 1. The highest BCUT2D eigenvalue weighted by Crippen LogP contribution is 2.24. The molecule has 0 aliphatic carbocycles. The smallest absolute Gasteiger partial charge is 0.193 e. The second-order valence-corrected chi connectivity index (χ2v) is 7.84. The van der Waals surface area contributed by atoms with Gasteiger partial charge in [-0.1, -0.05) is 30.3 Å². The highest BCUT2D eigenvalue weighted by Gasteiger charge is 2.25. The van der Waals surface area contributed by atoms with E-state index in [4.69, 9.17) is 9.72 Å². The van der Waals surface area contributed by atoms with Crippen molar-refractivity contribution in [2.45, 2.75) is 12.5 Å². The molecule has 2 aromatic heterocycles. The summed E-state index contributed by atoms with van der Waals surface area (Å²) in [5, 5.41) is 10.9. The molecule has 30 heavy (non-hydrogen) atoms. The Morgan fingerprint density at radius 2 is 2.17 bits per heavy atom. The number of hydrogen-bond donors (Lipinski definition) is 1. The third-order valence-electron chi connectivity index (χ3n) is 4.91. The van der Waals surface area contributed by atoms with Gasteiger partial charge in [0, 0.05) is 56.3 Å². The number of thiazole rings is 1. The fourth-order valence-corrected chi connectivity index (χ4v) is 4.28. The first-order chi connectivity index (χ1) is 14.2. The van der Waals surface area contributed by atoms with Gasteiger partial charge in [0.25, 0.3) is 0 Å². The molecule has 7 nitrogen and oxygen atoms in total. The van der Waals surface area contributed by atoms with E-state index in [9.17, 15) is 0 Å². The quantitative estimate of drug-likeness (QED) is 0.307. The zero-order chi connectivity index (χ0) is 20.1. The van der Waals surface area contributed by atoms with E-state index in [1.54, 1.807) is 11.3 Å². The third kappa shape index (κ3) is 5.58. The van der Waals surface area contributed by atoms with Crippen LogP contribution >= 0.6 is 35.3 Å². The fraction of sp³-hybridized carbons (Fsp3) is 0.381. The summed E-state index contributed by atoms with van der Waals surface area (Å²) in [4.78, 5) is 11.5. The van der Waals surface area contributed by atoms with Gasteiger partial charge in [-0.05, 0) is 0 Å². The lowest BCUT2D eigenvalue weighted by molar-refractivity contribution is -0.00801. The van der Waals surface area contributed by atoms with E-state index in [0.29, 0.717) is 6.61 Å². The summed E-state index contributed by atoms with van der Waals surface area (Å²) in [6, 6.07) is 10.3. The second kappa shape index (κ2) is 10.9. The maximum atomic E-state index is 5.93. The molecule has 4 rings (SSSR count). The van der Waals surface area contributed by atoms with Crippen LogP contribution in [0.4, 0.5) is 0 Å². The lowest BCUT2D eigenvalue weighted by atomic mass is 10.1. The minimum Gasteiger partial charge on any atom is -0.370 e. The van der Waals surface area contributed by atoms with Crippen molar-refractivity contribution >= 4 is 41.3 Å². The summed E-state index contributed by atoms with van der Waals surface area (Å²) in [5.74, 6) is 0.903. The molecule has 3 aromatic rings. The summed E-state index contributed by atoms with van der Waals surface area (Å²) < 4.78 is 7.74. The fourth-order valence-electron chi connectivity index (χ4n) is 3.42. The molecule has 1 fully saturated rings. The van der Waals surface area contributed by atoms with Gasteiger partial charge in [-0.25, -0.2) is 4.98 Å². The standard InChI is InChI=1S/C21H26N6OS.HI/c1-22-21(27-10-11-28-19(14-27)17-12-24-26(2)13-17)23-9-8-18-15-29-20(25-18)16-6-4-3-5-7-16;/h3-7,12-13,15,19H,8-11,14H2,1-2H3,(H,22,23);1H. The monoisotopic (exact) mass is 538 g/mol. The molecular weight excluding hydrogens is 511 g/mol. The van der Waals surface area contributed by atoms with E-state index < -0.39 is 0 Å². The molecule has 0 spiro atoms. The third-order valence-corrected chi connectivity index (χ3v) is 5.85. The largest absolute Gasteiger partial charge is 0.370 e. The van der Waals surface area contributed by atoms with E-state index in [1.807, 2.05) is 49.4 Å². The van der Waals surface area contributed by atoms with E-state index in [0.717, 1.165) is 48.3 Å². The first kappa shape index (κ1) is 22.7. The Morgan fingerprint density at radius 3 is 2.90 bits per heavy atom. The lowest BCUT2D eigenvalue weighted by Gasteiger charge is -2.34. The number of aliphatic imine (C=N–C) groups is 1. The molecule has 1 aliphatic rings. The lowest BCUT2D eigenvalue weighted by Crippen LogP contribution is -2.48. The van der Waals surface area contributed by atoms with Crippen LogP contribution in [0.1, 0.15) is 17.4 Å². The van der Waals surface area contributed by atoms with Gasteiger partial charge >= 0.3 is 0 Å². The van der Waals surface area contributed by atoms with Crippen molar-refractivity contribution in [3.05, 3.63) is 59.4 Å². The predicted molar refractivity (Wildman–Crippen MR) is 132 cm³/mol. The predicted octanol–water partition coefficient (Wildman–Crippen LogP) is 3.35. The van der Waals surface area contributed by atoms with Gasteiger partial charge in [-0.15, -0.1) is 35.3 Å². The van der Waals surface area contributed by atoms with Gasteiger partial charge in [0.05, 0.1) is 25.0 Å². The van der Waals surface area contributed by atoms with Crippen molar-refractivity contribution in [3.63, 3.8) is 0 Å². The number of ether oxygens (including phenoxy) is 1. The normalized spacial score (nSPS) is 16.9. The minimum atomic E-state index is 0. The molecule has 1 unspecified atom stereocenters. The first-order valence-electron chi connectivity index (χ1n) is 9.78. The number of nitrogens with zero attached hydrogens (tertiary/aromatic N) is 5. The number of aryl methyl sites for hydroxylation is 1. The number of nitrogens with one attached hydrogen (secondary N) is 1. The summed E-state index contributed by atoms with van der Waals surface area (Å²) in [7, 11) is 3.75. The van der Waals surface area contributed by atoms with Crippen LogP contribution in [0.25, 0.3) is 10.6 Å². The van der Waals surface area contributed by atoms with Crippen molar-refractivity contribution in [1.29, 1.82) is 0 Å². The Balaban J connectivity index is 0.00000256. The SMILES string of the molecule is CN=C(NCCc1csc(-c2ccccc2)n1)N1CCOC(c2cnn(C)c2)C1.I. The van der Waals surface area contributed by atoms with Crippen LogP contribution in [0.15, 0.2) is 53.1 Å². The minimum absolute atomic E-state index is 0. The van der Waals surface area contributed by atoms with E-state index in [-0.39, 0.29) is 30.1 Å².